The van der Waals surface area contributed by atoms with E-state index in [2.05, 4.69) is 15.3 Å². The Morgan fingerprint density at radius 2 is 1.88 bits per heavy atom. The number of aryl methyl sites for hydroxylation is 2. The molecule has 0 aliphatic rings. The number of benzene rings is 1. The Labute approximate surface area is 198 Å². The lowest BCUT2D eigenvalue weighted by molar-refractivity contribution is -0.143. The van der Waals surface area contributed by atoms with Crippen LogP contribution in [0.2, 0.25) is 0 Å². The van der Waals surface area contributed by atoms with Crippen LogP contribution >= 0.6 is 0 Å². The van der Waals surface area contributed by atoms with Gasteiger partial charge in [-0.1, -0.05) is 24.3 Å². The van der Waals surface area contributed by atoms with E-state index < -0.39 is 0 Å². The van der Waals surface area contributed by atoms with Crippen LogP contribution in [0.4, 0.5) is 5.69 Å². The van der Waals surface area contributed by atoms with Gasteiger partial charge in [-0.25, -0.2) is 4.98 Å². The predicted molar refractivity (Wildman–Crippen MR) is 132 cm³/mol. The zero-order valence-corrected chi connectivity index (χ0v) is 19.2. The van der Waals surface area contributed by atoms with Crippen LogP contribution in [0.15, 0.2) is 67.0 Å². The first-order valence-corrected chi connectivity index (χ1v) is 11.2. The van der Waals surface area contributed by atoms with Gasteiger partial charge in [0.15, 0.2) is 0 Å². The number of nitrogens with one attached hydrogen (secondary N) is 1. The SMILES string of the molecule is CCOC(=O)CCc1nc2ccc(NC(=O)c3ccc(/C=C/c4ccccn4)cc3)cn2c1C. The summed E-state index contributed by atoms with van der Waals surface area (Å²) in [6.07, 6.45) is 8.27. The largest absolute Gasteiger partial charge is 0.466 e. The summed E-state index contributed by atoms with van der Waals surface area (Å²) in [6, 6.07) is 16.8. The van der Waals surface area contributed by atoms with Crippen LogP contribution in [-0.2, 0) is 16.0 Å². The quantitative estimate of drug-likeness (QED) is 0.381. The third-order valence-electron chi connectivity index (χ3n) is 5.39. The first kappa shape index (κ1) is 22.9. The van der Waals surface area contributed by atoms with E-state index in [0.29, 0.717) is 24.3 Å². The summed E-state index contributed by atoms with van der Waals surface area (Å²) < 4.78 is 6.91. The van der Waals surface area contributed by atoms with E-state index in [9.17, 15) is 9.59 Å². The van der Waals surface area contributed by atoms with Crippen molar-refractivity contribution in [3.63, 3.8) is 0 Å². The average Bonchev–Trinajstić information content (AvgIpc) is 3.17. The van der Waals surface area contributed by atoms with E-state index in [4.69, 9.17) is 4.74 Å². The van der Waals surface area contributed by atoms with Crippen LogP contribution in [0.25, 0.3) is 17.8 Å². The van der Waals surface area contributed by atoms with Crippen molar-refractivity contribution in [2.75, 3.05) is 11.9 Å². The van der Waals surface area contributed by atoms with Gasteiger partial charge in [-0.15, -0.1) is 0 Å². The number of carbonyl (C=O) groups is 2. The molecule has 0 aliphatic carbocycles. The van der Waals surface area contributed by atoms with Crippen LogP contribution in [-0.4, -0.2) is 32.9 Å². The Morgan fingerprint density at radius 1 is 1.06 bits per heavy atom. The smallest absolute Gasteiger partial charge is 0.306 e. The lowest BCUT2D eigenvalue weighted by atomic mass is 10.1. The van der Waals surface area contributed by atoms with Gasteiger partial charge in [-0.3, -0.25) is 14.6 Å². The zero-order valence-electron chi connectivity index (χ0n) is 19.2. The minimum atomic E-state index is -0.231. The van der Waals surface area contributed by atoms with Gasteiger partial charge >= 0.3 is 5.97 Å². The fraction of sp³-hybridized carbons (Fsp3) is 0.185. The highest BCUT2D eigenvalue weighted by molar-refractivity contribution is 6.04. The fourth-order valence-corrected chi connectivity index (χ4v) is 3.58. The summed E-state index contributed by atoms with van der Waals surface area (Å²) in [7, 11) is 0. The molecule has 1 amide bonds. The summed E-state index contributed by atoms with van der Waals surface area (Å²) in [5, 5.41) is 2.94. The molecule has 0 saturated heterocycles. The highest BCUT2D eigenvalue weighted by atomic mass is 16.5. The Balaban J connectivity index is 1.42. The number of nitrogens with zero attached hydrogens (tertiary/aromatic N) is 3. The number of aromatic nitrogens is 3. The van der Waals surface area contributed by atoms with Gasteiger partial charge in [-0.2, -0.15) is 0 Å². The van der Waals surface area contributed by atoms with E-state index in [1.165, 1.54) is 0 Å². The molecule has 4 aromatic rings. The van der Waals surface area contributed by atoms with Crippen LogP contribution < -0.4 is 5.32 Å². The summed E-state index contributed by atoms with van der Waals surface area (Å²) in [5.74, 6) is -0.426. The van der Waals surface area contributed by atoms with E-state index in [-0.39, 0.29) is 18.3 Å². The molecule has 0 bridgehead atoms. The second-order valence-electron chi connectivity index (χ2n) is 7.76. The normalized spacial score (nSPS) is 11.1. The molecule has 0 aliphatic heterocycles. The number of fused-ring (bicyclic) bond motifs is 1. The number of ether oxygens (including phenoxy) is 1. The molecule has 172 valence electrons. The summed E-state index contributed by atoms with van der Waals surface area (Å²) in [4.78, 5) is 33.3. The van der Waals surface area contributed by atoms with Gasteiger partial charge in [0.05, 0.1) is 30.1 Å². The van der Waals surface area contributed by atoms with Crippen molar-refractivity contribution >= 4 is 35.4 Å². The molecule has 34 heavy (non-hydrogen) atoms. The molecule has 0 radical (unpaired) electrons. The number of pyridine rings is 2. The van der Waals surface area contributed by atoms with Crippen molar-refractivity contribution in [3.05, 3.63) is 95.2 Å². The molecule has 3 heterocycles. The van der Waals surface area contributed by atoms with Gasteiger partial charge in [-0.05, 0) is 61.9 Å². The maximum Gasteiger partial charge on any atom is 0.306 e. The Bertz CT molecular complexity index is 1330. The Morgan fingerprint density at radius 3 is 2.62 bits per heavy atom. The number of amides is 1. The van der Waals surface area contributed by atoms with Crippen molar-refractivity contribution in [2.24, 2.45) is 0 Å². The number of rotatable bonds is 8. The number of anilines is 1. The van der Waals surface area contributed by atoms with Gasteiger partial charge in [0, 0.05) is 30.1 Å². The van der Waals surface area contributed by atoms with Crippen LogP contribution in [0.3, 0.4) is 0 Å². The average molecular weight is 455 g/mol. The van der Waals surface area contributed by atoms with Crippen molar-refractivity contribution in [1.82, 2.24) is 14.4 Å². The summed E-state index contributed by atoms with van der Waals surface area (Å²) in [6.45, 7) is 4.11. The molecule has 4 rings (SSSR count). The fourth-order valence-electron chi connectivity index (χ4n) is 3.58. The minimum Gasteiger partial charge on any atom is -0.466 e. The van der Waals surface area contributed by atoms with Crippen LogP contribution in [0.1, 0.15) is 46.3 Å². The Kier molecular flexibility index (Phi) is 7.13. The topological polar surface area (TPSA) is 85.6 Å². The first-order valence-electron chi connectivity index (χ1n) is 11.2. The maximum absolute atomic E-state index is 12.8. The maximum atomic E-state index is 12.8. The van der Waals surface area contributed by atoms with Crippen molar-refractivity contribution < 1.29 is 14.3 Å². The van der Waals surface area contributed by atoms with E-state index in [1.54, 1.807) is 25.3 Å². The third kappa shape index (κ3) is 5.56. The molecule has 7 heteroatoms. The molecule has 0 spiro atoms. The number of hydrogen-bond acceptors (Lipinski definition) is 5. The van der Waals surface area contributed by atoms with Gasteiger partial charge in [0.2, 0.25) is 0 Å². The molecule has 0 atom stereocenters. The predicted octanol–water partition coefficient (Wildman–Crippen LogP) is 4.96. The third-order valence-corrected chi connectivity index (χ3v) is 5.39. The van der Waals surface area contributed by atoms with Gasteiger partial charge in [0.25, 0.3) is 5.91 Å². The number of carbonyl (C=O) groups excluding carboxylic acids is 2. The standard InChI is InChI=1S/C27H26N4O3/c1-3-34-26(32)16-14-24-19(2)31-18-23(13-15-25(31)30-24)29-27(33)21-10-7-20(8-11-21)9-12-22-6-4-5-17-28-22/h4-13,15,17-18H,3,14,16H2,1-2H3,(H,29,33)/b12-9+. The molecule has 0 unspecified atom stereocenters. The molecular weight excluding hydrogens is 428 g/mol. The second-order valence-corrected chi connectivity index (χ2v) is 7.76. The Hall–Kier alpha value is -4.26. The summed E-state index contributed by atoms with van der Waals surface area (Å²) in [5.41, 5.74) is 5.61. The van der Waals surface area contributed by atoms with Gasteiger partial charge < -0.3 is 14.5 Å². The lowest BCUT2D eigenvalue weighted by Crippen LogP contribution is -2.12. The minimum absolute atomic E-state index is 0.195. The van der Waals surface area contributed by atoms with E-state index in [1.807, 2.05) is 72.1 Å². The van der Waals surface area contributed by atoms with Gasteiger partial charge in [0.1, 0.15) is 5.65 Å². The molecule has 1 N–H and O–H groups in total. The van der Waals surface area contributed by atoms with E-state index >= 15 is 0 Å². The summed E-state index contributed by atoms with van der Waals surface area (Å²) >= 11 is 0. The molecular formula is C27H26N4O3. The molecule has 7 nitrogen and oxygen atoms in total. The molecule has 1 aromatic carbocycles. The number of imidazole rings is 1. The zero-order chi connectivity index (χ0) is 23.9. The monoisotopic (exact) mass is 454 g/mol. The molecule has 3 aromatic heterocycles. The van der Waals surface area contributed by atoms with E-state index in [0.717, 1.165) is 28.3 Å². The molecule has 0 saturated carbocycles. The van der Waals surface area contributed by atoms with Crippen LogP contribution in [0, 0.1) is 6.92 Å². The first-order chi connectivity index (χ1) is 16.5. The van der Waals surface area contributed by atoms with Crippen molar-refractivity contribution in [1.29, 1.82) is 0 Å². The number of hydrogen-bond donors (Lipinski definition) is 1. The highest BCUT2D eigenvalue weighted by Crippen LogP contribution is 2.18. The number of esters is 1. The second kappa shape index (κ2) is 10.6. The van der Waals surface area contributed by atoms with Crippen molar-refractivity contribution in [2.45, 2.75) is 26.7 Å². The lowest BCUT2D eigenvalue weighted by Gasteiger charge is -2.07. The van der Waals surface area contributed by atoms with Crippen LogP contribution in [0.5, 0.6) is 0 Å². The highest BCUT2D eigenvalue weighted by Gasteiger charge is 2.12. The molecule has 0 fully saturated rings. The van der Waals surface area contributed by atoms with Crippen molar-refractivity contribution in [3.8, 4) is 0 Å².